The Morgan fingerprint density at radius 2 is 1.81 bits per heavy atom. The summed E-state index contributed by atoms with van der Waals surface area (Å²) in [4.78, 5) is 26.5. The predicted octanol–water partition coefficient (Wildman–Crippen LogP) is 3.39. The first-order valence-corrected chi connectivity index (χ1v) is 8.64. The summed E-state index contributed by atoms with van der Waals surface area (Å²) in [5.74, 6) is 0.702. The largest absolute Gasteiger partial charge is 0.497 e. The number of nitrogens with one attached hydrogen (secondary N) is 1. The maximum absolute atomic E-state index is 12.7. The van der Waals surface area contributed by atoms with E-state index >= 15 is 0 Å². The summed E-state index contributed by atoms with van der Waals surface area (Å²) in [5, 5.41) is 2.75. The Kier molecular flexibility index (Phi) is 4.03. The second-order valence-electron chi connectivity index (χ2n) is 6.58. The third kappa shape index (κ3) is 2.77. The Hall–Kier alpha value is -3.02. The SMILES string of the molecule is COc1ccc(C(=O)N2CCC3(CC2)OC(=O)Nc2ccccc23)cc1. The summed E-state index contributed by atoms with van der Waals surface area (Å²) in [6.45, 7) is 1.07. The Bertz CT molecular complexity index is 839. The molecule has 1 N–H and O–H groups in total. The molecule has 1 saturated heterocycles. The van der Waals surface area contributed by atoms with Gasteiger partial charge in [0, 0.05) is 37.1 Å². The minimum Gasteiger partial charge on any atom is -0.497 e. The van der Waals surface area contributed by atoms with Gasteiger partial charge in [-0.3, -0.25) is 10.1 Å². The van der Waals surface area contributed by atoms with E-state index < -0.39 is 11.7 Å². The summed E-state index contributed by atoms with van der Waals surface area (Å²) in [5.41, 5.74) is 1.74. The number of piperidine rings is 1. The molecule has 26 heavy (non-hydrogen) atoms. The standard InChI is InChI=1S/C20H20N2O4/c1-25-15-8-6-14(7-9-15)18(23)22-12-10-20(11-13-22)16-4-2-3-5-17(16)21-19(24)26-20/h2-9H,10-13H2,1H3,(H,21,24). The molecule has 0 radical (unpaired) electrons. The van der Waals surface area contributed by atoms with Crippen molar-refractivity contribution >= 4 is 17.7 Å². The fraction of sp³-hybridized carbons (Fsp3) is 0.300. The van der Waals surface area contributed by atoms with Crippen molar-refractivity contribution in [2.75, 3.05) is 25.5 Å². The molecule has 4 rings (SSSR count). The van der Waals surface area contributed by atoms with Crippen LogP contribution in [0.4, 0.5) is 10.5 Å². The highest BCUT2D eigenvalue weighted by Crippen LogP contribution is 2.43. The van der Waals surface area contributed by atoms with Crippen LogP contribution in [-0.2, 0) is 10.3 Å². The van der Waals surface area contributed by atoms with E-state index in [2.05, 4.69) is 5.32 Å². The Morgan fingerprint density at radius 3 is 2.50 bits per heavy atom. The monoisotopic (exact) mass is 352 g/mol. The van der Waals surface area contributed by atoms with Crippen LogP contribution >= 0.6 is 0 Å². The fourth-order valence-electron chi connectivity index (χ4n) is 3.72. The molecule has 2 aromatic carbocycles. The number of methoxy groups -OCH3 is 1. The van der Waals surface area contributed by atoms with Gasteiger partial charge in [-0.2, -0.15) is 0 Å². The van der Waals surface area contributed by atoms with E-state index in [4.69, 9.17) is 9.47 Å². The lowest BCUT2D eigenvalue weighted by atomic mass is 9.82. The Morgan fingerprint density at radius 1 is 1.12 bits per heavy atom. The van der Waals surface area contributed by atoms with Crippen LogP contribution in [0.25, 0.3) is 0 Å². The molecule has 2 heterocycles. The van der Waals surface area contributed by atoms with E-state index in [1.165, 1.54) is 0 Å². The second-order valence-corrected chi connectivity index (χ2v) is 6.58. The lowest BCUT2D eigenvalue weighted by Gasteiger charge is -2.44. The van der Waals surface area contributed by atoms with Crippen LogP contribution < -0.4 is 10.1 Å². The average molecular weight is 352 g/mol. The normalized spacial score (nSPS) is 17.9. The van der Waals surface area contributed by atoms with Gasteiger partial charge in [0.25, 0.3) is 5.91 Å². The summed E-state index contributed by atoms with van der Waals surface area (Å²) in [6, 6.07) is 14.8. The highest BCUT2D eigenvalue weighted by Gasteiger charge is 2.45. The maximum atomic E-state index is 12.7. The molecule has 1 fully saturated rings. The fourth-order valence-corrected chi connectivity index (χ4v) is 3.72. The molecule has 2 amide bonds. The number of amides is 2. The molecule has 2 aromatic rings. The van der Waals surface area contributed by atoms with Crippen molar-refractivity contribution < 1.29 is 19.1 Å². The summed E-state index contributed by atoms with van der Waals surface area (Å²) < 4.78 is 10.8. The molecule has 6 nitrogen and oxygen atoms in total. The van der Waals surface area contributed by atoms with E-state index in [1.807, 2.05) is 29.2 Å². The first-order valence-electron chi connectivity index (χ1n) is 8.64. The Labute approximate surface area is 151 Å². The van der Waals surface area contributed by atoms with Gasteiger partial charge in [0.1, 0.15) is 11.4 Å². The van der Waals surface area contributed by atoms with Gasteiger partial charge in [-0.05, 0) is 30.3 Å². The smallest absolute Gasteiger partial charge is 0.412 e. The molecule has 0 unspecified atom stereocenters. The number of ether oxygens (including phenoxy) is 2. The third-order valence-electron chi connectivity index (χ3n) is 5.14. The van der Waals surface area contributed by atoms with E-state index in [-0.39, 0.29) is 5.91 Å². The van der Waals surface area contributed by atoms with Crippen LogP contribution in [0, 0.1) is 0 Å². The van der Waals surface area contributed by atoms with Gasteiger partial charge in [0.15, 0.2) is 0 Å². The van der Waals surface area contributed by atoms with Crippen molar-refractivity contribution in [2.24, 2.45) is 0 Å². The van der Waals surface area contributed by atoms with Crippen molar-refractivity contribution in [1.82, 2.24) is 4.90 Å². The molecule has 6 heteroatoms. The second kappa shape index (κ2) is 6.37. The molecule has 1 spiro atoms. The van der Waals surface area contributed by atoms with Crippen molar-refractivity contribution in [3.8, 4) is 5.75 Å². The predicted molar refractivity (Wildman–Crippen MR) is 96.4 cm³/mol. The summed E-state index contributed by atoms with van der Waals surface area (Å²) in [7, 11) is 1.60. The number of carbonyl (C=O) groups excluding carboxylic acids is 2. The van der Waals surface area contributed by atoms with E-state index in [9.17, 15) is 9.59 Å². The van der Waals surface area contributed by atoms with Gasteiger partial charge in [-0.25, -0.2) is 4.79 Å². The zero-order valence-corrected chi connectivity index (χ0v) is 14.5. The quantitative estimate of drug-likeness (QED) is 0.900. The van der Waals surface area contributed by atoms with Gasteiger partial charge in [0.2, 0.25) is 0 Å². The van der Waals surface area contributed by atoms with Crippen LogP contribution in [0.3, 0.4) is 0 Å². The highest BCUT2D eigenvalue weighted by atomic mass is 16.6. The van der Waals surface area contributed by atoms with Crippen LogP contribution in [0.15, 0.2) is 48.5 Å². The van der Waals surface area contributed by atoms with Crippen molar-refractivity contribution in [2.45, 2.75) is 18.4 Å². The summed E-state index contributed by atoms with van der Waals surface area (Å²) >= 11 is 0. The third-order valence-corrected chi connectivity index (χ3v) is 5.14. The molecule has 0 atom stereocenters. The van der Waals surface area contributed by atoms with Gasteiger partial charge in [-0.1, -0.05) is 18.2 Å². The molecule has 0 saturated carbocycles. The zero-order valence-electron chi connectivity index (χ0n) is 14.5. The van der Waals surface area contributed by atoms with Crippen molar-refractivity contribution in [3.63, 3.8) is 0 Å². The Balaban J connectivity index is 1.52. The molecule has 0 aliphatic carbocycles. The summed E-state index contributed by atoms with van der Waals surface area (Å²) in [6.07, 6.45) is 0.734. The number of fused-ring (bicyclic) bond motifs is 2. The lowest BCUT2D eigenvalue weighted by molar-refractivity contribution is -0.0331. The first kappa shape index (κ1) is 16.4. The topological polar surface area (TPSA) is 67.9 Å². The molecular weight excluding hydrogens is 332 g/mol. The van der Waals surface area contributed by atoms with Gasteiger partial charge < -0.3 is 14.4 Å². The van der Waals surface area contributed by atoms with Gasteiger partial charge in [0.05, 0.1) is 12.8 Å². The number of likely N-dealkylation sites (tertiary alicyclic amines) is 1. The van der Waals surface area contributed by atoms with Crippen molar-refractivity contribution in [3.05, 3.63) is 59.7 Å². The number of anilines is 1. The lowest BCUT2D eigenvalue weighted by Crippen LogP contribution is -2.49. The number of para-hydroxylation sites is 1. The minimum absolute atomic E-state index is 0.0175. The number of rotatable bonds is 2. The van der Waals surface area contributed by atoms with Crippen LogP contribution in [0.5, 0.6) is 5.75 Å². The van der Waals surface area contributed by atoms with Crippen LogP contribution in [-0.4, -0.2) is 37.1 Å². The van der Waals surface area contributed by atoms with E-state index in [0.717, 1.165) is 17.0 Å². The number of hydrogen-bond acceptors (Lipinski definition) is 4. The molecule has 0 bridgehead atoms. The number of benzene rings is 2. The zero-order chi connectivity index (χ0) is 18.1. The molecule has 0 aromatic heterocycles. The van der Waals surface area contributed by atoms with E-state index in [1.54, 1.807) is 31.4 Å². The molecule has 2 aliphatic rings. The first-order chi connectivity index (χ1) is 12.6. The van der Waals surface area contributed by atoms with Crippen molar-refractivity contribution in [1.29, 1.82) is 0 Å². The molecule has 2 aliphatic heterocycles. The maximum Gasteiger partial charge on any atom is 0.412 e. The number of carbonyl (C=O) groups is 2. The highest BCUT2D eigenvalue weighted by molar-refractivity contribution is 5.94. The molecule has 134 valence electrons. The average Bonchev–Trinajstić information content (AvgIpc) is 2.68. The van der Waals surface area contributed by atoms with Crippen LogP contribution in [0.2, 0.25) is 0 Å². The number of nitrogens with zero attached hydrogens (tertiary/aromatic N) is 1. The minimum atomic E-state index is -0.657. The number of hydrogen-bond donors (Lipinski definition) is 1. The van der Waals surface area contributed by atoms with Gasteiger partial charge in [-0.15, -0.1) is 0 Å². The van der Waals surface area contributed by atoms with Crippen LogP contribution in [0.1, 0.15) is 28.8 Å². The van der Waals surface area contributed by atoms with E-state index in [0.29, 0.717) is 31.5 Å². The molecular formula is C20H20N2O4. The van der Waals surface area contributed by atoms with Gasteiger partial charge >= 0.3 is 6.09 Å².